The van der Waals surface area contributed by atoms with Crippen molar-refractivity contribution in [3.05, 3.63) is 24.3 Å². The molecule has 0 unspecified atom stereocenters. The third-order valence-corrected chi connectivity index (χ3v) is 3.27. The van der Waals surface area contributed by atoms with Crippen molar-refractivity contribution in [3.8, 4) is 11.6 Å². The molecule has 0 N–H and O–H groups in total. The standard InChI is InChI=1S/C16H23N3O4/c1-12(2)11-19(8-10-21-3)15(20)7-6-14-17-16(18-23-14)13-5-4-9-22-13/h4-5,9,12H,6-8,10-11H2,1-3H3. The summed E-state index contributed by atoms with van der Waals surface area (Å²) < 4.78 is 15.4. The van der Waals surface area contributed by atoms with E-state index in [0.717, 1.165) is 0 Å². The van der Waals surface area contributed by atoms with Gasteiger partial charge < -0.3 is 18.6 Å². The Morgan fingerprint density at radius 2 is 2.26 bits per heavy atom. The average Bonchev–Trinajstić information content (AvgIpc) is 3.19. The number of carbonyl (C=O) groups is 1. The summed E-state index contributed by atoms with van der Waals surface area (Å²) >= 11 is 0. The molecule has 7 nitrogen and oxygen atoms in total. The third kappa shape index (κ3) is 5.21. The van der Waals surface area contributed by atoms with Crippen molar-refractivity contribution in [1.82, 2.24) is 15.0 Å². The lowest BCUT2D eigenvalue weighted by atomic mass is 10.2. The number of aromatic nitrogens is 2. The Hall–Kier alpha value is -2.15. The molecular formula is C16H23N3O4. The van der Waals surface area contributed by atoms with Gasteiger partial charge in [-0.1, -0.05) is 19.0 Å². The minimum absolute atomic E-state index is 0.0634. The van der Waals surface area contributed by atoms with E-state index in [1.54, 1.807) is 25.5 Å². The molecule has 23 heavy (non-hydrogen) atoms. The fourth-order valence-corrected chi connectivity index (χ4v) is 2.19. The van der Waals surface area contributed by atoms with Crippen LogP contribution in [0.1, 0.15) is 26.2 Å². The van der Waals surface area contributed by atoms with Crippen LogP contribution in [-0.2, 0) is 16.0 Å². The first-order valence-electron chi connectivity index (χ1n) is 7.73. The van der Waals surface area contributed by atoms with Crippen LogP contribution in [0.5, 0.6) is 0 Å². The van der Waals surface area contributed by atoms with Crippen LogP contribution in [0.25, 0.3) is 11.6 Å². The SMILES string of the molecule is COCCN(CC(C)C)C(=O)CCc1nc(-c2ccco2)no1. The number of nitrogens with zero attached hydrogens (tertiary/aromatic N) is 3. The fraction of sp³-hybridized carbons (Fsp3) is 0.562. The second-order valence-corrected chi connectivity index (χ2v) is 5.72. The molecular weight excluding hydrogens is 298 g/mol. The van der Waals surface area contributed by atoms with Gasteiger partial charge in [0.05, 0.1) is 12.9 Å². The molecule has 0 aliphatic carbocycles. The summed E-state index contributed by atoms with van der Waals surface area (Å²) in [4.78, 5) is 18.4. The van der Waals surface area contributed by atoms with Crippen LogP contribution < -0.4 is 0 Å². The van der Waals surface area contributed by atoms with Crippen molar-refractivity contribution in [1.29, 1.82) is 0 Å². The van der Waals surface area contributed by atoms with Gasteiger partial charge in [0.15, 0.2) is 5.76 Å². The fourth-order valence-electron chi connectivity index (χ4n) is 2.19. The summed E-state index contributed by atoms with van der Waals surface area (Å²) in [6, 6.07) is 3.52. The van der Waals surface area contributed by atoms with Gasteiger partial charge in [0.25, 0.3) is 0 Å². The molecule has 0 fully saturated rings. The molecule has 0 aromatic carbocycles. The number of carbonyl (C=O) groups excluding carboxylic acids is 1. The number of hydrogen-bond donors (Lipinski definition) is 0. The topological polar surface area (TPSA) is 81.6 Å². The first kappa shape index (κ1) is 17.2. The summed E-state index contributed by atoms with van der Waals surface area (Å²) in [5.74, 6) is 1.85. The van der Waals surface area contributed by atoms with Crippen molar-refractivity contribution in [3.63, 3.8) is 0 Å². The molecule has 1 amide bonds. The van der Waals surface area contributed by atoms with Crippen LogP contribution >= 0.6 is 0 Å². The van der Waals surface area contributed by atoms with Crippen LogP contribution in [-0.4, -0.2) is 47.8 Å². The molecule has 0 saturated carbocycles. The van der Waals surface area contributed by atoms with E-state index in [0.29, 0.717) is 55.9 Å². The minimum atomic E-state index is 0.0634. The van der Waals surface area contributed by atoms with Crippen LogP contribution in [0.2, 0.25) is 0 Å². The molecule has 0 saturated heterocycles. The lowest BCUT2D eigenvalue weighted by molar-refractivity contribution is -0.132. The number of ether oxygens (including phenoxy) is 1. The molecule has 7 heteroatoms. The van der Waals surface area contributed by atoms with Gasteiger partial charge in [0, 0.05) is 33.0 Å². The van der Waals surface area contributed by atoms with Gasteiger partial charge in [0.2, 0.25) is 17.6 Å². The highest BCUT2D eigenvalue weighted by Crippen LogP contribution is 2.16. The maximum atomic E-state index is 12.4. The number of aryl methyl sites for hydroxylation is 1. The lowest BCUT2D eigenvalue weighted by Crippen LogP contribution is -2.36. The van der Waals surface area contributed by atoms with Crippen LogP contribution in [0.15, 0.2) is 27.3 Å². The van der Waals surface area contributed by atoms with Crippen molar-refractivity contribution in [2.75, 3.05) is 26.8 Å². The predicted octanol–water partition coefficient (Wildman–Crippen LogP) is 2.39. The van der Waals surface area contributed by atoms with E-state index in [4.69, 9.17) is 13.7 Å². The molecule has 0 aliphatic heterocycles. The number of furan rings is 1. The second-order valence-electron chi connectivity index (χ2n) is 5.72. The third-order valence-electron chi connectivity index (χ3n) is 3.27. The second kappa shape index (κ2) is 8.47. The Balaban J connectivity index is 1.89. The Morgan fingerprint density at radius 3 is 2.91 bits per heavy atom. The minimum Gasteiger partial charge on any atom is -0.461 e. The molecule has 2 heterocycles. The van der Waals surface area contributed by atoms with Gasteiger partial charge in [-0.2, -0.15) is 4.98 Å². The monoisotopic (exact) mass is 321 g/mol. The van der Waals surface area contributed by atoms with E-state index >= 15 is 0 Å². The van der Waals surface area contributed by atoms with Gasteiger partial charge in [-0.05, 0) is 18.1 Å². The Kier molecular flexibility index (Phi) is 6.34. The van der Waals surface area contributed by atoms with Crippen LogP contribution in [0.4, 0.5) is 0 Å². The number of methoxy groups -OCH3 is 1. The van der Waals surface area contributed by atoms with Gasteiger partial charge in [0.1, 0.15) is 0 Å². The molecule has 2 rings (SSSR count). The molecule has 0 radical (unpaired) electrons. The summed E-state index contributed by atoms with van der Waals surface area (Å²) in [5.41, 5.74) is 0. The van der Waals surface area contributed by atoms with E-state index in [1.165, 1.54) is 0 Å². The molecule has 0 aliphatic rings. The highest BCUT2D eigenvalue weighted by molar-refractivity contribution is 5.76. The first-order chi connectivity index (χ1) is 11.1. The highest BCUT2D eigenvalue weighted by Gasteiger charge is 2.17. The van der Waals surface area contributed by atoms with E-state index in [2.05, 4.69) is 24.0 Å². The largest absolute Gasteiger partial charge is 0.461 e. The molecule has 0 atom stereocenters. The smallest absolute Gasteiger partial charge is 0.238 e. The van der Waals surface area contributed by atoms with Crippen LogP contribution in [0, 0.1) is 5.92 Å². The van der Waals surface area contributed by atoms with Crippen molar-refractivity contribution < 1.29 is 18.5 Å². The average molecular weight is 321 g/mol. The van der Waals surface area contributed by atoms with Crippen molar-refractivity contribution >= 4 is 5.91 Å². The van der Waals surface area contributed by atoms with E-state index in [1.807, 2.05) is 4.90 Å². The molecule has 2 aromatic heterocycles. The zero-order valence-corrected chi connectivity index (χ0v) is 13.8. The van der Waals surface area contributed by atoms with Crippen molar-refractivity contribution in [2.24, 2.45) is 5.92 Å². The van der Waals surface area contributed by atoms with Crippen LogP contribution in [0.3, 0.4) is 0 Å². The quantitative estimate of drug-likeness (QED) is 0.705. The van der Waals surface area contributed by atoms with Gasteiger partial charge in [-0.15, -0.1) is 0 Å². The Morgan fingerprint density at radius 1 is 1.43 bits per heavy atom. The van der Waals surface area contributed by atoms with E-state index in [9.17, 15) is 4.79 Å². The summed E-state index contributed by atoms with van der Waals surface area (Å²) in [5, 5.41) is 3.85. The number of rotatable bonds is 9. The normalized spacial score (nSPS) is 11.1. The lowest BCUT2D eigenvalue weighted by Gasteiger charge is -2.24. The Labute approximate surface area is 135 Å². The summed E-state index contributed by atoms with van der Waals surface area (Å²) in [7, 11) is 1.63. The van der Waals surface area contributed by atoms with Gasteiger partial charge in [-0.25, -0.2) is 0 Å². The maximum absolute atomic E-state index is 12.4. The predicted molar refractivity (Wildman–Crippen MR) is 83.6 cm³/mol. The number of hydrogen-bond acceptors (Lipinski definition) is 6. The Bertz CT molecular complexity index is 592. The summed E-state index contributed by atoms with van der Waals surface area (Å²) in [6.45, 7) is 6.00. The maximum Gasteiger partial charge on any atom is 0.238 e. The zero-order valence-electron chi connectivity index (χ0n) is 13.8. The first-order valence-corrected chi connectivity index (χ1v) is 7.73. The van der Waals surface area contributed by atoms with Gasteiger partial charge >= 0.3 is 0 Å². The molecule has 2 aromatic rings. The molecule has 0 spiro atoms. The highest BCUT2D eigenvalue weighted by atomic mass is 16.5. The zero-order chi connectivity index (χ0) is 16.7. The van der Waals surface area contributed by atoms with E-state index < -0.39 is 0 Å². The molecule has 0 bridgehead atoms. The van der Waals surface area contributed by atoms with Gasteiger partial charge in [-0.3, -0.25) is 4.79 Å². The van der Waals surface area contributed by atoms with Crippen molar-refractivity contribution in [2.45, 2.75) is 26.7 Å². The van der Waals surface area contributed by atoms with E-state index in [-0.39, 0.29) is 5.91 Å². The number of amides is 1. The molecule has 126 valence electrons. The summed E-state index contributed by atoms with van der Waals surface area (Å²) in [6.07, 6.45) is 2.29.